The molecule has 0 spiro atoms. The fourth-order valence-corrected chi connectivity index (χ4v) is 2.84. The SMILES string of the molecule is Cc1noc(C)c1C(=O)OC(C)C(=O)c1c(C)[nH]c2ccccc12. The second-order valence-electron chi connectivity index (χ2n) is 5.78. The third kappa shape index (κ3) is 2.60. The molecule has 1 N–H and O–H groups in total. The summed E-state index contributed by atoms with van der Waals surface area (Å²) in [6, 6.07) is 7.54. The van der Waals surface area contributed by atoms with E-state index in [1.54, 1.807) is 20.8 Å². The quantitative estimate of drug-likeness (QED) is 0.586. The van der Waals surface area contributed by atoms with Crippen LogP contribution in [0, 0.1) is 20.8 Å². The van der Waals surface area contributed by atoms with Gasteiger partial charge < -0.3 is 14.2 Å². The van der Waals surface area contributed by atoms with Crippen LogP contribution in [0.1, 0.15) is 44.8 Å². The van der Waals surface area contributed by atoms with Crippen molar-refractivity contribution in [3.05, 3.63) is 52.5 Å². The van der Waals surface area contributed by atoms with Gasteiger partial charge in [0.2, 0.25) is 5.78 Å². The average molecular weight is 326 g/mol. The molecule has 0 fully saturated rings. The number of H-pyrrole nitrogens is 1. The number of hydrogen-bond donors (Lipinski definition) is 1. The molecule has 0 aliphatic heterocycles. The van der Waals surface area contributed by atoms with Crippen LogP contribution >= 0.6 is 0 Å². The molecule has 1 unspecified atom stereocenters. The van der Waals surface area contributed by atoms with Gasteiger partial charge >= 0.3 is 5.97 Å². The minimum absolute atomic E-state index is 0.245. The van der Waals surface area contributed by atoms with Crippen molar-refractivity contribution in [2.45, 2.75) is 33.8 Å². The molecule has 2 heterocycles. The molecule has 2 aromatic heterocycles. The number of rotatable bonds is 4. The fraction of sp³-hybridized carbons (Fsp3) is 0.278. The van der Waals surface area contributed by atoms with E-state index in [2.05, 4.69) is 10.1 Å². The standard InChI is InChI=1S/C18H18N2O4/c1-9-16(13-7-5-6-8-14(13)19-9)17(21)12(4)23-18(22)15-10(2)20-24-11(15)3/h5-8,12,19H,1-4H3. The summed E-state index contributed by atoms with van der Waals surface area (Å²) in [6.07, 6.45) is -0.913. The zero-order chi connectivity index (χ0) is 17.4. The third-order valence-electron chi connectivity index (χ3n) is 4.03. The van der Waals surface area contributed by atoms with E-state index in [0.717, 1.165) is 16.6 Å². The second-order valence-corrected chi connectivity index (χ2v) is 5.78. The van der Waals surface area contributed by atoms with Gasteiger partial charge in [-0.25, -0.2) is 4.79 Å². The number of aromatic nitrogens is 2. The van der Waals surface area contributed by atoms with Gasteiger partial charge in [-0.05, 0) is 33.8 Å². The Balaban J connectivity index is 1.87. The van der Waals surface area contributed by atoms with Gasteiger partial charge in [-0.1, -0.05) is 23.4 Å². The zero-order valence-corrected chi connectivity index (χ0v) is 14.0. The summed E-state index contributed by atoms with van der Waals surface area (Å²) in [6.45, 7) is 6.69. The Morgan fingerprint density at radius 3 is 2.54 bits per heavy atom. The molecule has 0 amide bonds. The molecule has 3 aromatic rings. The lowest BCUT2D eigenvalue weighted by Crippen LogP contribution is -2.25. The number of benzene rings is 1. The van der Waals surface area contributed by atoms with E-state index in [1.807, 2.05) is 31.2 Å². The largest absolute Gasteiger partial charge is 0.451 e. The number of fused-ring (bicyclic) bond motifs is 1. The number of esters is 1. The van der Waals surface area contributed by atoms with Gasteiger partial charge in [0.25, 0.3) is 0 Å². The smallest absolute Gasteiger partial charge is 0.344 e. The summed E-state index contributed by atoms with van der Waals surface area (Å²) in [5.41, 5.74) is 2.89. The predicted molar refractivity (Wildman–Crippen MR) is 88.2 cm³/mol. The Morgan fingerprint density at radius 1 is 1.17 bits per heavy atom. The van der Waals surface area contributed by atoms with E-state index in [-0.39, 0.29) is 11.3 Å². The van der Waals surface area contributed by atoms with Crippen molar-refractivity contribution in [2.24, 2.45) is 0 Å². The van der Waals surface area contributed by atoms with Crippen molar-refractivity contribution < 1.29 is 18.8 Å². The number of hydrogen-bond acceptors (Lipinski definition) is 5. The number of Topliss-reactive ketones (excluding diaryl/α,β-unsaturated/α-hetero) is 1. The molecule has 0 radical (unpaired) electrons. The minimum Gasteiger partial charge on any atom is -0.451 e. The topological polar surface area (TPSA) is 85.2 Å². The summed E-state index contributed by atoms with van der Waals surface area (Å²) >= 11 is 0. The van der Waals surface area contributed by atoms with Gasteiger partial charge in [0, 0.05) is 22.2 Å². The number of aryl methyl sites for hydroxylation is 3. The summed E-state index contributed by atoms with van der Waals surface area (Å²) in [4.78, 5) is 28.3. The van der Waals surface area contributed by atoms with Gasteiger partial charge in [0.15, 0.2) is 6.10 Å². The fourth-order valence-electron chi connectivity index (χ4n) is 2.84. The predicted octanol–water partition coefficient (Wildman–Crippen LogP) is 3.51. The summed E-state index contributed by atoms with van der Waals surface area (Å²) < 4.78 is 10.3. The lowest BCUT2D eigenvalue weighted by atomic mass is 10.0. The molecule has 0 saturated heterocycles. The highest BCUT2D eigenvalue weighted by Gasteiger charge is 2.27. The number of para-hydroxylation sites is 1. The molecule has 1 atom stereocenters. The second kappa shape index (κ2) is 5.96. The first-order valence-corrected chi connectivity index (χ1v) is 7.65. The number of carbonyl (C=O) groups is 2. The highest BCUT2D eigenvalue weighted by Crippen LogP contribution is 2.24. The molecule has 124 valence electrons. The van der Waals surface area contributed by atoms with Crippen molar-refractivity contribution in [2.75, 3.05) is 0 Å². The zero-order valence-electron chi connectivity index (χ0n) is 14.0. The number of ketones is 1. The van der Waals surface area contributed by atoms with E-state index in [9.17, 15) is 9.59 Å². The Labute approximate surface area is 138 Å². The van der Waals surface area contributed by atoms with Gasteiger partial charge in [-0.2, -0.15) is 0 Å². The highest BCUT2D eigenvalue weighted by atomic mass is 16.5. The van der Waals surface area contributed by atoms with Crippen molar-refractivity contribution in [3.63, 3.8) is 0 Å². The lowest BCUT2D eigenvalue weighted by molar-refractivity contribution is 0.0316. The first-order chi connectivity index (χ1) is 11.4. The van der Waals surface area contributed by atoms with Crippen molar-refractivity contribution in [1.29, 1.82) is 0 Å². The van der Waals surface area contributed by atoms with Crippen molar-refractivity contribution in [1.82, 2.24) is 10.1 Å². The summed E-state index contributed by atoms with van der Waals surface area (Å²) in [5.74, 6) is -0.477. The lowest BCUT2D eigenvalue weighted by Gasteiger charge is -2.12. The molecule has 1 aromatic carbocycles. The molecular weight excluding hydrogens is 308 g/mol. The van der Waals surface area contributed by atoms with Crippen LogP contribution in [0.15, 0.2) is 28.8 Å². The molecule has 0 bridgehead atoms. The van der Waals surface area contributed by atoms with Crippen LogP contribution in [0.2, 0.25) is 0 Å². The molecular formula is C18H18N2O4. The number of ether oxygens (including phenoxy) is 1. The summed E-state index contributed by atoms with van der Waals surface area (Å²) in [5, 5.41) is 4.55. The van der Waals surface area contributed by atoms with E-state index >= 15 is 0 Å². The Kier molecular flexibility index (Phi) is 3.97. The molecule has 24 heavy (non-hydrogen) atoms. The van der Waals surface area contributed by atoms with Crippen molar-refractivity contribution >= 4 is 22.7 Å². The maximum absolute atomic E-state index is 12.8. The van der Waals surface area contributed by atoms with Crippen LogP contribution in [0.25, 0.3) is 10.9 Å². The van der Waals surface area contributed by atoms with E-state index in [4.69, 9.17) is 9.26 Å². The number of nitrogens with one attached hydrogen (secondary N) is 1. The molecule has 0 saturated carbocycles. The molecule has 0 aliphatic rings. The number of aromatic amines is 1. The van der Waals surface area contributed by atoms with Crippen LogP contribution in [0.4, 0.5) is 0 Å². The normalized spacial score (nSPS) is 12.3. The Morgan fingerprint density at radius 2 is 1.88 bits per heavy atom. The average Bonchev–Trinajstić information content (AvgIpc) is 3.05. The van der Waals surface area contributed by atoms with E-state index < -0.39 is 12.1 Å². The maximum atomic E-state index is 12.8. The Hall–Kier alpha value is -2.89. The first-order valence-electron chi connectivity index (χ1n) is 7.65. The highest BCUT2D eigenvalue weighted by molar-refractivity contribution is 6.11. The molecule has 6 nitrogen and oxygen atoms in total. The third-order valence-corrected chi connectivity index (χ3v) is 4.03. The van der Waals surface area contributed by atoms with Crippen molar-refractivity contribution in [3.8, 4) is 0 Å². The number of carbonyl (C=O) groups excluding carboxylic acids is 2. The van der Waals surface area contributed by atoms with Crippen LogP contribution in [0.3, 0.4) is 0 Å². The van der Waals surface area contributed by atoms with Crippen LogP contribution in [-0.2, 0) is 4.74 Å². The van der Waals surface area contributed by atoms with Gasteiger partial charge in [0.05, 0.1) is 5.69 Å². The van der Waals surface area contributed by atoms with E-state index in [1.165, 1.54) is 0 Å². The monoisotopic (exact) mass is 326 g/mol. The summed E-state index contributed by atoms with van der Waals surface area (Å²) in [7, 11) is 0. The van der Waals surface area contributed by atoms with Crippen LogP contribution in [0.5, 0.6) is 0 Å². The van der Waals surface area contributed by atoms with Gasteiger partial charge in [-0.3, -0.25) is 4.79 Å². The van der Waals surface area contributed by atoms with Gasteiger partial charge in [0.1, 0.15) is 11.3 Å². The van der Waals surface area contributed by atoms with Crippen LogP contribution < -0.4 is 0 Å². The van der Waals surface area contributed by atoms with Gasteiger partial charge in [-0.15, -0.1) is 0 Å². The minimum atomic E-state index is -0.913. The van der Waals surface area contributed by atoms with E-state index in [0.29, 0.717) is 17.0 Å². The molecule has 6 heteroatoms. The Bertz CT molecular complexity index is 916. The molecule has 3 rings (SSSR count). The van der Waals surface area contributed by atoms with Crippen LogP contribution in [-0.4, -0.2) is 28.0 Å². The maximum Gasteiger partial charge on any atom is 0.344 e. The molecule has 0 aliphatic carbocycles. The first kappa shape index (κ1) is 16.0. The number of nitrogens with zero attached hydrogens (tertiary/aromatic N) is 1.